The van der Waals surface area contributed by atoms with Gasteiger partial charge in [-0.05, 0) is 5.41 Å². The third-order valence-electron chi connectivity index (χ3n) is 1.56. The van der Waals surface area contributed by atoms with Crippen molar-refractivity contribution >= 4 is 23.4 Å². The van der Waals surface area contributed by atoms with Crippen molar-refractivity contribution in [3.05, 3.63) is 12.4 Å². The number of hydrogen-bond acceptors (Lipinski definition) is 4. The first-order chi connectivity index (χ1) is 6.51. The quantitative estimate of drug-likeness (QED) is 0.760. The van der Waals surface area contributed by atoms with E-state index in [1.54, 1.807) is 6.07 Å². The third kappa shape index (κ3) is 3.79. The maximum absolute atomic E-state index is 5.42. The van der Waals surface area contributed by atoms with E-state index in [1.165, 1.54) is 6.33 Å². The molecule has 0 amide bonds. The predicted octanol–water partition coefficient (Wildman–Crippen LogP) is 2.50. The molecule has 0 aliphatic carbocycles. The van der Waals surface area contributed by atoms with Crippen LogP contribution in [0.5, 0.6) is 0 Å². The lowest BCUT2D eigenvalue weighted by atomic mass is 9.97. The van der Waals surface area contributed by atoms with Gasteiger partial charge in [0, 0.05) is 24.4 Å². The minimum Gasteiger partial charge on any atom is -0.369 e. The Morgan fingerprint density at radius 3 is 2.50 bits per heavy atom. The molecule has 0 unspecified atom stereocenters. The first-order valence-electron chi connectivity index (χ1n) is 4.44. The second-order valence-electron chi connectivity index (χ2n) is 4.30. The standard InChI is InChI=1S/C9H15ClN4/c1-9(2,3)5-11-7-4-8(14-10)13-6-12-7/h4,6H,5H2,1-3H3,(H2,11,12,13,14). The van der Waals surface area contributed by atoms with Gasteiger partial charge >= 0.3 is 0 Å². The molecule has 1 aromatic rings. The van der Waals surface area contributed by atoms with Gasteiger partial charge < -0.3 is 5.32 Å². The van der Waals surface area contributed by atoms with Crippen molar-refractivity contribution < 1.29 is 0 Å². The summed E-state index contributed by atoms with van der Waals surface area (Å²) in [6.07, 6.45) is 1.47. The summed E-state index contributed by atoms with van der Waals surface area (Å²) < 4.78 is 0. The van der Waals surface area contributed by atoms with Crippen LogP contribution >= 0.6 is 11.8 Å². The molecular formula is C9H15ClN4. The van der Waals surface area contributed by atoms with Gasteiger partial charge in [-0.3, -0.25) is 4.84 Å². The fraction of sp³-hybridized carbons (Fsp3) is 0.556. The van der Waals surface area contributed by atoms with Crippen molar-refractivity contribution in [2.45, 2.75) is 20.8 Å². The minimum atomic E-state index is 0.222. The topological polar surface area (TPSA) is 49.8 Å². The van der Waals surface area contributed by atoms with E-state index in [2.05, 4.69) is 40.9 Å². The molecule has 0 spiro atoms. The summed E-state index contributed by atoms with van der Waals surface area (Å²) in [5.41, 5.74) is 0.222. The highest BCUT2D eigenvalue weighted by atomic mass is 35.5. The number of aromatic nitrogens is 2. The van der Waals surface area contributed by atoms with E-state index >= 15 is 0 Å². The van der Waals surface area contributed by atoms with Crippen LogP contribution in [0, 0.1) is 5.41 Å². The molecule has 1 aromatic heterocycles. The van der Waals surface area contributed by atoms with Gasteiger partial charge in [0.05, 0.1) is 0 Å². The van der Waals surface area contributed by atoms with Crippen molar-refractivity contribution in [2.24, 2.45) is 5.41 Å². The van der Waals surface area contributed by atoms with Crippen LogP contribution in [-0.4, -0.2) is 16.5 Å². The summed E-state index contributed by atoms with van der Waals surface area (Å²) in [5.74, 6) is 1.37. The fourth-order valence-corrected chi connectivity index (χ4v) is 0.965. The minimum absolute atomic E-state index is 0.222. The Hall–Kier alpha value is -1.03. The normalized spacial score (nSPS) is 11.1. The largest absolute Gasteiger partial charge is 0.369 e. The first kappa shape index (κ1) is 11.0. The van der Waals surface area contributed by atoms with Crippen LogP contribution in [0.15, 0.2) is 12.4 Å². The average molecular weight is 215 g/mol. The van der Waals surface area contributed by atoms with E-state index in [9.17, 15) is 0 Å². The molecule has 0 atom stereocenters. The van der Waals surface area contributed by atoms with Crippen molar-refractivity contribution in [3.63, 3.8) is 0 Å². The van der Waals surface area contributed by atoms with E-state index in [1.807, 2.05) is 0 Å². The average Bonchev–Trinajstić information content (AvgIpc) is 2.14. The molecule has 0 aliphatic heterocycles. The zero-order chi connectivity index (χ0) is 10.6. The Balaban J connectivity index is 2.59. The fourth-order valence-electron chi connectivity index (χ4n) is 0.861. The van der Waals surface area contributed by atoms with Gasteiger partial charge in [0.2, 0.25) is 0 Å². The lowest BCUT2D eigenvalue weighted by Crippen LogP contribution is -2.19. The number of nitrogens with zero attached hydrogens (tertiary/aromatic N) is 2. The molecule has 5 heteroatoms. The van der Waals surface area contributed by atoms with Crippen LogP contribution in [0.1, 0.15) is 20.8 Å². The van der Waals surface area contributed by atoms with Gasteiger partial charge in [0.15, 0.2) is 0 Å². The summed E-state index contributed by atoms with van der Waals surface area (Å²) in [7, 11) is 0. The summed E-state index contributed by atoms with van der Waals surface area (Å²) in [5, 5.41) is 3.21. The number of anilines is 2. The highest BCUT2D eigenvalue weighted by Gasteiger charge is 2.09. The highest BCUT2D eigenvalue weighted by Crippen LogP contribution is 2.15. The molecule has 0 aromatic carbocycles. The maximum atomic E-state index is 5.42. The smallest absolute Gasteiger partial charge is 0.145 e. The number of rotatable bonds is 3. The number of hydrogen-bond donors (Lipinski definition) is 2. The van der Waals surface area contributed by atoms with Gasteiger partial charge in [-0.2, -0.15) is 0 Å². The second kappa shape index (κ2) is 4.46. The van der Waals surface area contributed by atoms with Gasteiger partial charge in [-0.25, -0.2) is 9.97 Å². The first-order valence-corrected chi connectivity index (χ1v) is 4.82. The maximum Gasteiger partial charge on any atom is 0.145 e. The van der Waals surface area contributed by atoms with Crippen molar-refractivity contribution in [3.8, 4) is 0 Å². The number of nitrogens with one attached hydrogen (secondary N) is 2. The molecule has 4 nitrogen and oxygen atoms in total. The van der Waals surface area contributed by atoms with Crippen molar-refractivity contribution in [1.29, 1.82) is 0 Å². The molecule has 2 N–H and O–H groups in total. The summed E-state index contributed by atoms with van der Waals surface area (Å²) in [6.45, 7) is 7.32. The van der Waals surface area contributed by atoms with E-state index in [-0.39, 0.29) is 5.41 Å². The summed E-state index contributed by atoms with van der Waals surface area (Å²) in [6, 6.07) is 1.76. The van der Waals surface area contributed by atoms with E-state index in [0.717, 1.165) is 12.4 Å². The van der Waals surface area contributed by atoms with E-state index in [0.29, 0.717) is 5.82 Å². The van der Waals surface area contributed by atoms with Crippen LogP contribution in [0.3, 0.4) is 0 Å². The molecule has 0 saturated heterocycles. The van der Waals surface area contributed by atoms with Crippen LogP contribution in [0.4, 0.5) is 11.6 Å². The SMILES string of the molecule is CC(C)(C)CNc1cc(NCl)ncn1. The molecule has 78 valence electrons. The number of halogens is 1. The van der Waals surface area contributed by atoms with E-state index < -0.39 is 0 Å². The van der Waals surface area contributed by atoms with Crippen LogP contribution in [0.25, 0.3) is 0 Å². The Morgan fingerprint density at radius 2 is 1.93 bits per heavy atom. The van der Waals surface area contributed by atoms with Gasteiger partial charge in [-0.1, -0.05) is 20.8 Å². The zero-order valence-corrected chi connectivity index (χ0v) is 9.39. The zero-order valence-electron chi connectivity index (χ0n) is 8.63. The lowest BCUT2D eigenvalue weighted by molar-refractivity contribution is 0.442. The Morgan fingerprint density at radius 1 is 1.29 bits per heavy atom. The van der Waals surface area contributed by atoms with Crippen molar-refractivity contribution in [1.82, 2.24) is 9.97 Å². The molecule has 0 radical (unpaired) electrons. The second-order valence-corrected chi connectivity index (χ2v) is 4.49. The predicted molar refractivity (Wildman–Crippen MR) is 59.5 cm³/mol. The van der Waals surface area contributed by atoms with Crippen LogP contribution in [-0.2, 0) is 0 Å². The molecule has 0 aliphatic rings. The summed E-state index contributed by atoms with van der Waals surface area (Å²) >= 11 is 5.42. The lowest BCUT2D eigenvalue weighted by Gasteiger charge is -2.19. The van der Waals surface area contributed by atoms with Gasteiger partial charge in [0.1, 0.15) is 18.0 Å². The molecular weight excluding hydrogens is 200 g/mol. The Labute approximate surface area is 89.2 Å². The Bertz CT molecular complexity index is 295. The summed E-state index contributed by atoms with van der Waals surface area (Å²) in [4.78, 5) is 10.4. The monoisotopic (exact) mass is 214 g/mol. The van der Waals surface area contributed by atoms with Gasteiger partial charge in [0.25, 0.3) is 0 Å². The molecule has 1 rings (SSSR count). The van der Waals surface area contributed by atoms with Crippen LogP contribution in [0.2, 0.25) is 0 Å². The molecule has 14 heavy (non-hydrogen) atoms. The highest BCUT2D eigenvalue weighted by molar-refractivity contribution is 6.23. The van der Waals surface area contributed by atoms with E-state index in [4.69, 9.17) is 11.8 Å². The van der Waals surface area contributed by atoms with Crippen LogP contribution < -0.4 is 10.2 Å². The molecule has 1 heterocycles. The molecule has 0 saturated carbocycles. The van der Waals surface area contributed by atoms with Gasteiger partial charge in [-0.15, -0.1) is 0 Å². The third-order valence-corrected chi connectivity index (χ3v) is 1.76. The molecule has 0 fully saturated rings. The van der Waals surface area contributed by atoms with Crippen molar-refractivity contribution in [2.75, 3.05) is 16.7 Å². The molecule has 0 bridgehead atoms. The Kier molecular flexibility index (Phi) is 3.52.